The zero-order chi connectivity index (χ0) is 16.4. The second-order valence-corrected chi connectivity index (χ2v) is 6.30. The number of carbonyl (C=O) groups excluding carboxylic acids is 1. The maximum absolute atomic E-state index is 12.4. The fourth-order valence-electron chi connectivity index (χ4n) is 2.87. The van der Waals surface area contributed by atoms with Crippen LogP contribution in [0.1, 0.15) is 30.3 Å². The molecule has 1 fully saturated rings. The summed E-state index contributed by atoms with van der Waals surface area (Å²) in [6.45, 7) is 4.62. The molecule has 2 aromatic rings. The summed E-state index contributed by atoms with van der Waals surface area (Å²) in [5.41, 5.74) is 0.812. The largest absolute Gasteiger partial charge is 0.350 e. The normalized spacial score (nSPS) is 16.4. The number of halogens is 1. The van der Waals surface area contributed by atoms with E-state index in [4.69, 9.17) is 0 Å². The van der Waals surface area contributed by atoms with E-state index in [2.05, 4.69) is 27.8 Å². The molecule has 1 saturated heterocycles. The highest BCUT2D eigenvalue weighted by Gasteiger charge is 2.28. The van der Waals surface area contributed by atoms with Crippen molar-refractivity contribution in [3.63, 3.8) is 0 Å². The van der Waals surface area contributed by atoms with Crippen LogP contribution >= 0.6 is 12.4 Å². The van der Waals surface area contributed by atoms with Crippen LogP contribution in [0.2, 0.25) is 0 Å². The van der Waals surface area contributed by atoms with Crippen molar-refractivity contribution in [2.45, 2.75) is 19.8 Å². The fraction of sp³-hybridized carbons (Fsp3) is 0.467. The standard InChI is InChI=1S/C15H19N5O3.ClH/c1-15(4-6-16-7-5-15)9-17-14(21)13-11-8-10(20(22)23)2-3-12(11)18-19-13;/h2-3,8,16H,4-7,9H2,1H3,(H,17,21)(H,18,19);1H. The van der Waals surface area contributed by atoms with Crippen LogP contribution in [0.25, 0.3) is 10.9 Å². The molecule has 9 heteroatoms. The fourth-order valence-corrected chi connectivity index (χ4v) is 2.87. The highest BCUT2D eigenvalue weighted by Crippen LogP contribution is 2.27. The Labute approximate surface area is 144 Å². The van der Waals surface area contributed by atoms with Crippen molar-refractivity contribution in [1.29, 1.82) is 0 Å². The third-order valence-electron chi connectivity index (χ3n) is 4.46. The van der Waals surface area contributed by atoms with E-state index in [1.54, 1.807) is 6.07 Å². The van der Waals surface area contributed by atoms with Gasteiger partial charge in [-0.25, -0.2) is 0 Å². The Hall–Kier alpha value is -2.19. The number of hydrogen-bond donors (Lipinski definition) is 3. The first-order chi connectivity index (χ1) is 11.0. The topological polar surface area (TPSA) is 113 Å². The Morgan fingerprint density at radius 3 is 2.79 bits per heavy atom. The molecular formula is C15H20ClN5O3. The summed E-state index contributed by atoms with van der Waals surface area (Å²) >= 11 is 0. The zero-order valence-corrected chi connectivity index (χ0v) is 14.1. The molecule has 0 saturated carbocycles. The molecule has 1 amide bonds. The lowest BCUT2D eigenvalue weighted by Crippen LogP contribution is -2.43. The Bertz CT molecular complexity index is 755. The summed E-state index contributed by atoms with van der Waals surface area (Å²) in [6.07, 6.45) is 2.00. The molecule has 0 unspecified atom stereocenters. The summed E-state index contributed by atoms with van der Waals surface area (Å²) < 4.78 is 0. The minimum absolute atomic E-state index is 0. The van der Waals surface area contributed by atoms with Crippen LogP contribution in [0.3, 0.4) is 0 Å². The summed E-state index contributed by atoms with van der Waals surface area (Å²) in [6, 6.07) is 4.32. The smallest absolute Gasteiger partial charge is 0.272 e. The van der Waals surface area contributed by atoms with Gasteiger partial charge in [0.15, 0.2) is 5.69 Å². The van der Waals surface area contributed by atoms with Crippen LogP contribution in [-0.4, -0.2) is 40.7 Å². The number of amides is 1. The Morgan fingerprint density at radius 1 is 1.42 bits per heavy atom. The van der Waals surface area contributed by atoms with Gasteiger partial charge in [-0.2, -0.15) is 5.10 Å². The number of benzene rings is 1. The minimum Gasteiger partial charge on any atom is -0.350 e. The monoisotopic (exact) mass is 353 g/mol. The number of piperidine rings is 1. The molecule has 3 N–H and O–H groups in total. The first kappa shape index (κ1) is 18.2. The number of non-ortho nitro benzene ring substituents is 1. The molecule has 24 heavy (non-hydrogen) atoms. The van der Waals surface area contributed by atoms with E-state index in [0.717, 1.165) is 25.9 Å². The van der Waals surface area contributed by atoms with E-state index in [1.807, 2.05) is 0 Å². The van der Waals surface area contributed by atoms with Crippen molar-refractivity contribution in [2.24, 2.45) is 5.41 Å². The highest BCUT2D eigenvalue weighted by molar-refractivity contribution is 6.05. The van der Waals surface area contributed by atoms with Crippen LogP contribution < -0.4 is 10.6 Å². The van der Waals surface area contributed by atoms with E-state index in [9.17, 15) is 14.9 Å². The summed E-state index contributed by atoms with van der Waals surface area (Å²) in [4.78, 5) is 22.8. The Kier molecular flexibility index (Phi) is 5.40. The molecule has 0 bridgehead atoms. The van der Waals surface area contributed by atoms with Gasteiger partial charge >= 0.3 is 0 Å². The van der Waals surface area contributed by atoms with Crippen molar-refractivity contribution >= 4 is 34.9 Å². The van der Waals surface area contributed by atoms with Crippen molar-refractivity contribution in [2.75, 3.05) is 19.6 Å². The van der Waals surface area contributed by atoms with E-state index in [1.165, 1.54) is 12.1 Å². The van der Waals surface area contributed by atoms with Gasteiger partial charge in [0.2, 0.25) is 0 Å². The summed E-state index contributed by atoms with van der Waals surface area (Å²) in [7, 11) is 0. The first-order valence-corrected chi connectivity index (χ1v) is 7.60. The SMILES string of the molecule is CC1(CNC(=O)c2n[nH]c3ccc([N+](=O)[O-])cc23)CCNCC1.Cl. The molecule has 0 spiro atoms. The van der Waals surface area contributed by atoms with Gasteiger partial charge in [0.05, 0.1) is 10.4 Å². The van der Waals surface area contributed by atoms with Gasteiger partial charge in [-0.05, 0) is 37.4 Å². The third-order valence-corrected chi connectivity index (χ3v) is 4.46. The summed E-state index contributed by atoms with van der Waals surface area (Å²) in [5.74, 6) is -0.309. The number of nitrogens with zero attached hydrogens (tertiary/aromatic N) is 2. The first-order valence-electron chi connectivity index (χ1n) is 7.60. The maximum Gasteiger partial charge on any atom is 0.272 e. The van der Waals surface area contributed by atoms with Gasteiger partial charge < -0.3 is 10.6 Å². The molecule has 0 radical (unpaired) electrons. The predicted molar refractivity (Wildman–Crippen MR) is 92.5 cm³/mol. The number of H-pyrrole nitrogens is 1. The number of hydrogen-bond acceptors (Lipinski definition) is 5. The maximum atomic E-state index is 12.4. The quantitative estimate of drug-likeness (QED) is 0.574. The van der Waals surface area contributed by atoms with E-state index >= 15 is 0 Å². The number of aromatic amines is 1. The van der Waals surface area contributed by atoms with Crippen LogP contribution in [0.5, 0.6) is 0 Å². The van der Waals surface area contributed by atoms with Crippen molar-refractivity contribution in [1.82, 2.24) is 20.8 Å². The summed E-state index contributed by atoms with van der Waals surface area (Å²) in [5, 5.41) is 24.3. The molecule has 1 aromatic carbocycles. The average Bonchev–Trinajstić information content (AvgIpc) is 2.96. The van der Waals surface area contributed by atoms with Gasteiger partial charge in [0.1, 0.15) is 0 Å². The number of nitrogens with one attached hydrogen (secondary N) is 3. The second kappa shape index (κ2) is 7.14. The molecule has 3 rings (SSSR count). The molecule has 0 aliphatic carbocycles. The van der Waals surface area contributed by atoms with Crippen molar-refractivity contribution in [3.8, 4) is 0 Å². The second-order valence-electron chi connectivity index (χ2n) is 6.30. The number of carbonyl (C=O) groups is 1. The molecule has 0 atom stereocenters. The van der Waals surface area contributed by atoms with Crippen molar-refractivity contribution in [3.05, 3.63) is 34.0 Å². The lowest BCUT2D eigenvalue weighted by Gasteiger charge is -2.34. The van der Waals surface area contributed by atoms with Crippen LogP contribution in [0.15, 0.2) is 18.2 Å². The lowest BCUT2D eigenvalue weighted by molar-refractivity contribution is -0.384. The third kappa shape index (κ3) is 3.65. The molecule has 2 heterocycles. The Morgan fingerprint density at radius 2 is 2.12 bits per heavy atom. The average molecular weight is 354 g/mol. The Balaban J connectivity index is 0.00000208. The number of nitro groups is 1. The van der Waals surface area contributed by atoms with Crippen LogP contribution in [0.4, 0.5) is 5.69 Å². The predicted octanol–water partition coefficient (Wildman–Crippen LogP) is 2.01. The number of rotatable bonds is 4. The number of aromatic nitrogens is 2. The van der Waals surface area contributed by atoms with Gasteiger partial charge in [0, 0.05) is 24.1 Å². The molecule has 130 valence electrons. The number of nitro benzene ring substituents is 1. The lowest BCUT2D eigenvalue weighted by atomic mass is 9.81. The van der Waals surface area contributed by atoms with E-state index in [-0.39, 0.29) is 35.1 Å². The van der Waals surface area contributed by atoms with Gasteiger partial charge in [0.25, 0.3) is 11.6 Å². The van der Waals surface area contributed by atoms with E-state index in [0.29, 0.717) is 17.4 Å². The van der Waals surface area contributed by atoms with Gasteiger partial charge in [-0.3, -0.25) is 20.0 Å². The molecule has 1 aromatic heterocycles. The van der Waals surface area contributed by atoms with E-state index < -0.39 is 4.92 Å². The molecular weight excluding hydrogens is 334 g/mol. The molecule has 8 nitrogen and oxygen atoms in total. The minimum atomic E-state index is -0.482. The number of fused-ring (bicyclic) bond motifs is 1. The van der Waals surface area contributed by atoms with Crippen LogP contribution in [-0.2, 0) is 0 Å². The molecule has 1 aliphatic rings. The highest BCUT2D eigenvalue weighted by atomic mass is 35.5. The molecule has 1 aliphatic heterocycles. The van der Waals surface area contributed by atoms with Gasteiger partial charge in [-0.15, -0.1) is 12.4 Å². The van der Waals surface area contributed by atoms with Gasteiger partial charge in [-0.1, -0.05) is 6.92 Å². The van der Waals surface area contributed by atoms with Crippen LogP contribution in [0, 0.1) is 15.5 Å². The zero-order valence-electron chi connectivity index (χ0n) is 13.3. The van der Waals surface area contributed by atoms with Crippen molar-refractivity contribution < 1.29 is 9.72 Å².